The molecule has 0 saturated carbocycles. The van der Waals surface area contributed by atoms with Crippen LogP contribution >= 0.6 is 11.3 Å². The van der Waals surface area contributed by atoms with E-state index in [1.807, 2.05) is 18.5 Å². The molecule has 0 unspecified atom stereocenters. The van der Waals surface area contributed by atoms with Crippen LogP contribution in [0, 0.1) is 0 Å². The Morgan fingerprint density at radius 2 is 2.24 bits per heavy atom. The van der Waals surface area contributed by atoms with Gasteiger partial charge in [0, 0.05) is 26.6 Å². The Morgan fingerprint density at radius 1 is 1.43 bits per heavy atom. The van der Waals surface area contributed by atoms with Gasteiger partial charge in [-0.25, -0.2) is 9.97 Å². The topological polar surface area (TPSA) is 70.2 Å². The Morgan fingerprint density at radius 3 is 2.95 bits per heavy atom. The highest BCUT2D eigenvalue weighted by Crippen LogP contribution is 2.25. The van der Waals surface area contributed by atoms with E-state index in [-0.39, 0.29) is 5.91 Å². The smallest absolute Gasteiger partial charge is 0.221 e. The van der Waals surface area contributed by atoms with Crippen molar-refractivity contribution in [3.05, 3.63) is 17.3 Å². The highest BCUT2D eigenvalue weighted by molar-refractivity contribution is 7.16. The van der Waals surface area contributed by atoms with E-state index >= 15 is 0 Å². The summed E-state index contributed by atoms with van der Waals surface area (Å²) in [6.45, 7) is 4.19. The zero-order valence-corrected chi connectivity index (χ0v) is 13.5. The highest BCUT2D eigenvalue weighted by atomic mass is 32.1. The number of carbonyl (C=O) groups excluding carboxylic acids is 1. The second-order valence-electron chi connectivity index (χ2n) is 4.82. The number of amides is 1. The summed E-state index contributed by atoms with van der Waals surface area (Å²) in [5.74, 6) is 1.71. The molecule has 0 aliphatic rings. The van der Waals surface area contributed by atoms with Crippen LogP contribution in [-0.2, 0) is 11.3 Å². The molecule has 21 heavy (non-hydrogen) atoms. The van der Waals surface area contributed by atoms with E-state index in [4.69, 9.17) is 0 Å². The molecule has 2 rings (SSSR count). The maximum Gasteiger partial charge on any atom is 0.221 e. The van der Waals surface area contributed by atoms with Gasteiger partial charge in [-0.15, -0.1) is 11.3 Å². The lowest BCUT2D eigenvalue weighted by Crippen LogP contribution is -2.27. The summed E-state index contributed by atoms with van der Waals surface area (Å²) >= 11 is 1.62. The van der Waals surface area contributed by atoms with Crippen molar-refractivity contribution in [2.75, 3.05) is 32.5 Å². The molecule has 2 N–H and O–H groups in total. The number of thiophene rings is 1. The number of carbonyl (C=O) groups is 1. The molecular weight excluding hydrogens is 286 g/mol. The lowest BCUT2D eigenvalue weighted by molar-refractivity contribution is -0.120. The molecule has 1 amide bonds. The SMILES string of the molecule is CCNc1nc(CN(C)CCC(=O)NC)nc2sccc12. The van der Waals surface area contributed by atoms with Crippen molar-refractivity contribution < 1.29 is 4.79 Å². The molecule has 0 saturated heterocycles. The van der Waals surface area contributed by atoms with E-state index < -0.39 is 0 Å². The van der Waals surface area contributed by atoms with Crippen molar-refractivity contribution in [1.29, 1.82) is 0 Å². The Balaban J connectivity index is 2.08. The Kier molecular flexibility index (Phi) is 5.46. The summed E-state index contributed by atoms with van der Waals surface area (Å²) in [6, 6.07) is 2.04. The lowest BCUT2D eigenvalue weighted by atomic mass is 10.3. The minimum atomic E-state index is 0.0461. The van der Waals surface area contributed by atoms with E-state index in [1.165, 1.54) is 0 Å². The van der Waals surface area contributed by atoms with E-state index in [0.29, 0.717) is 19.5 Å². The monoisotopic (exact) mass is 307 g/mol. The maximum absolute atomic E-state index is 11.3. The molecule has 114 valence electrons. The molecule has 2 heterocycles. The average Bonchev–Trinajstić information content (AvgIpc) is 2.93. The quantitative estimate of drug-likeness (QED) is 0.814. The molecular formula is C14H21N5OS. The minimum Gasteiger partial charge on any atom is -0.370 e. The molecule has 0 bridgehead atoms. The molecule has 0 aromatic carbocycles. The molecule has 6 nitrogen and oxygen atoms in total. The van der Waals surface area contributed by atoms with E-state index in [9.17, 15) is 4.79 Å². The number of aromatic nitrogens is 2. The third-order valence-electron chi connectivity index (χ3n) is 3.13. The lowest BCUT2D eigenvalue weighted by Gasteiger charge is -2.15. The van der Waals surface area contributed by atoms with Gasteiger partial charge in [-0.3, -0.25) is 9.69 Å². The number of hydrogen-bond donors (Lipinski definition) is 2. The van der Waals surface area contributed by atoms with Gasteiger partial charge < -0.3 is 10.6 Å². The van der Waals surface area contributed by atoms with Gasteiger partial charge in [0.15, 0.2) is 0 Å². The second-order valence-corrected chi connectivity index (χ2v) is 5.71. The Bertz CT molecular complexity index is 612. The third kappa shape index (κ3) is 4.12. The number of nitrogens with zero attached hydrogens (tertiary/aromatic N) is 3. The van der Waals surface area contributed by atoms with Crippen LogP contribution in [0.15, 0.2) is 11.4 Å². The molecule has 2 aromatic heterocycles. The standard InChI is InChI=1S/C14H21N5OS/c1-4-16-13-10-6-8-21-14(10)18-11(17-13)9-19(3)7-5-12(20)15-2/h6,8H,4-5,7,9H2,1-3H3,(H,15,20)(H,16,17,18). The molecule has 7 heteroatoms. The van der Waals surface area contributed by atoms with Gasteiger partial charge in [0.25, 0.3) is 0 Å². The fourth-order valence-electron chi connectivity index (χ4n) is 2.01. The molecule has 0 aliphatic heterocycles. The first-order chi connectivity index (χ1) is 10.1. The van der Waals surface area contributed by atoms with Gasteiger partial charge in [0.05, 0.1) is 11.9 Å². The van der Waals surface area contributed by atoms with Crippen LogP contribution in [0.1, 0.15) is 19.2 Å². The summed E-state index contributed by atoms with van der Waals surface area (Å²) in [5, 5.41) is 9.00. The van der Waals surface area contributed by atoms with Gasteiger partial charge in [0.1, 0.15) is 16.5 Å². The van der Waals surface area contributed by atoms with Gasteiger partial charge in [-0.05, 0) is 25.4 Å². The van der Waals surface area contributed by atoms with Gasteiger partial charge in [-0.2, -0.15) is 0 Å². The zero-order chi connectivity index (χ0) is 15.2. The van der Waals surface area contributed by atoms with Crippen molar-refractivity contribution in [3.8, 4) is 0 Å². The van der Waals surface area contributed by atoms with Gasteiger partial charge in [-0.1, -0.05) is 0 Å². The fraction of sp³-hybridized carbons (Fsp3) is 0.500. The molecule has 2 aromatic rings. The van der Waals surface area contributed by atoms with E-state index in [0.717, 1.165) is 28.4 Å². The van der Waals surface area contributed by atoms with Gasteiger partial charge in [0.2, 0.25) is 5.91 Å². The summed E-state index contributed by atoms with van der Waals surface area (Å²) in [6.07, 6.45) is 0.480. The number of anilines is 1. The first-order valence-electron chi connectivity index (χ1n) is 7.01. The van der Waals surface area contributed by atoms with Crippen LogP contribution in [0.2, 0.25) is 0 Å². The molecule has 0 fully saturated rings. The molecule has 0 radical (unpaired) electrons. The predicted octanol–water partition coefficient (Wildman–Crippen LogP) is 1.69. The summed E-state index contributed by atoms with van der Waals surface area (Å²) in [7, 11) is 3.62. The number of hydrogen-bond acceptors (Lipinski definition) is 6. The van der Waals surface area contributed by atoms with Crippen LogP contribution in [0.4, 0.5) is 5.82 Å². The van der Waals surface area contributed by atoms with Gasteiger partial charge >= 0.3 is 0 Å². The largest absolute Gasteiger partial charge is 0.370 e. The van der Waals surface area contributed by atoms with Crippen LogP contribution < -0.4 is 10.6 Å². The molecule has 0 atom stereocenters. The Hall–Kier alpha value is -1.73. The zero-order valence-electron chi connectivity index (χ0n) is 12.6. The molecule has 0 spiro atoms. The predicted molar refractivity (Wildman–Crippen MR) is 86.6 cm³/mol. The summed E-state index contributed by atoms with van der Waals surface area (Å²) < 4.78 is 0. The van der Waals surface area contributed by atoms with Crippen molar-refractivity contribution in [2.24, 2.45) is 0 Å². The summed E-state index contributed by atoms with van der Waals surface area (Å²) in [5.41, 5.74) is 0. The number of nitrogens with one attached hydrogen (secondary N) is 2. The third-order valence-corrected chi connectivity index (χ3v) is 3.93. The van der Waals surface area contributed by atoms with Crippen LogP contribution in [-0.4, -0.2) is 48.0 Å². The van der Waals surface area contributed by atoms with Crippen LogP contribution in [0.25, 0.3) is 10.2 Å². The first kappa shape index (κ1) is 15.7. The van der Waals surface area contributed by atoms with E-state index in [2.05, 4.69) is 32.4 Å². The molecule has 0 aliphatic carbocycles. The first-order valence-corrected chi connectivity index (χ1v) is 7.89. The van der Waals surface area contributed by atoms with Crippen molar-refractivity contribution >= 4 is 33.3 Å². The van der Waals surface area contributed by atoms with Crippen LogP contribution in [0.5, 0.6) is 0 Å². The summed E-state index contributed by atoms with van der Waals surface area (Å²) in [4.78, 5) is 23.5. The van der Waals surface area contributed by atoms with Crippen molar-refractivity contribution in [2.45, 2.75) is 19.9 Å². The average molecular weight is 307 g/mol. The van der Waals surface area contributed by atoms with Crippen molar-refractivity contribution in [3.63, 3.8) is 0 Å². The minimum absolute atomic E-state index is 0.0461. The number of rotatable bonds is 7. The maximum atomic E-state index is 11.3. The van der Waals surface area contributed by atoms with Crippen molar-refractivity contribution in [1.82, 2.24) is 20.2 Å². The van der Waals surface area contributed by atoms with Crippen LogP contribution in [0.3, 0.4) is 0 Å². The second kappa shape index (κ2) is 7.33. The highest BCUT2D eigenvalue weighted by Gasteiger charge is 2.10. The Labute approximate surface area is 128 Å². The van der Waals surface area contributed by atoms with E-state index in [1.54, 1.807) is 18.4 Å². The fourth-order valence-corrected chi connectivity index (χ4v) is 2.79. The number of fused-ring (bicyclic) bond motifs is 1. The normalized spacial score (nSPS) is 11.0.